The molecule has 0 spiro atoms. The molecular weight excluding hydrogens is 573 g/mol. The zero-order valence-electron chi connectivity index (χ0n) is 22.2. The molecule has 3 N–H and O–H groups in total. The number of amides is 3. The number of anilines is 2. The minimum absolute atomic E-state index is 0.120. The molecule has 206 valence electrons. The Morgan fingerprint density at radius 2 is 1.78 bits per heavy atom. The molecule has 0 aliphatic heterocycles. The summed E-state index contributed by atoms with van der Waals surface area (Å²) in [4.78, 5) is 44.3. The van der Waals surface area contributed by atoms with E-state index in [4.69, 9.17) is 0 Å². The number of nitrogens with one attached hydrogen (secondary N) is 3. The van der Waals surface area contributed by atoms with E-state index in [-0.39, 0.29) is 17.5 Å². The van der Waals surface area contributed by atoms with Crippen LogP contribution in [-0.2, 0) is 9.59 Å². The van der Waals surface area contributed by atoms with E-state index in [1.807, 2.05) is 61.0 Å². The Balaban J connectivity index is 1.25. The summed E-state index contributed by atoms with van der Waals surface area (Å²) in [5, 5.41) is 12.5. The van der Waals surface area contributed by atoms with Crippen molar-refractivity contribution in [1.29, 1.82) is 0 Å². The molecule has 5 rings (SSSR count). The van der Waals surface area contributed by atoms with Crippen molar-refractivity contribution in [1.82, 2.24) is 10.3 Å². The van der Waals surface area contributed by atoms with E-state index in [0.29, 0.717) is 16.4 Å². The van der Waals surface area contributed by atoms with Gasteiger partial charge in [0.2, 0.25) is 5.91 Å². The number of rotatable bonds is 9. The molecule has 2 aromatic heterocycles. The van der Waals surface area contributed by atoms with Crippen molar-refractivity contribution in [2.45, 2.75) is 24.0 Å². The SMILES string of the molecule is Cc1ccc2nc(NC(=O)C(C)Sc3cccc(NC(=O)/C(=C/c4ccsc4)NC(=O)c4ccccc4)c3)sc2c1. The molecule has 0 aliphatic carbocycles. The maximum atomic E-state index is 13.3. The van der Waals surface area contributed by atoms with Gasteiger partial charge in [-0.3, -0.25) is 14.4 Å². The number of carbonyl (C=O) groups excluding carboxylic acids is 3. The third kappa shape index (κ3) is 7.49. The molecule has 41 heavy (non-hydrogen) atoms. The van der Waals surface area contributed by atoms with E-state index in [2.05, 4.69) is 27.0 Å². The molecule has 0 aliphatic rings. The first-order valence-electron chi connectivity index (χ1n) is 12.7. The highest BCUT2D eigenvalue weighted by Gasteiger charge is 2.18. The number of fused-ring (bicyclic) bond motifs is 1. The molecule has 3 aromatic carbocycles. The van der Waals surface area contributed by atoms with Crippen LogP contribution >= 0.6 is 34.4 Å². The molecule has 0 saturated carbocycles. The summed E-state index contributed by atoms with van der Waals surface area (Å²) in [7, 11) is 0. The van der Waals surface area contributed by atoms with E-state index in [9.17, 15) is 14.4 Å². The van der Waals surface area contributed by atoms with Crippen LogP contribution in [0.1, 0.15) is 28.4 Å². The van der Waals surface area contributed by atoms with Gasteiger partial charge >= 0.3 is 0 Å². The number of nitrogens with zero attached hydrogens (tertiary/aromatic N) is 1. The first-order valence-corrected chi connectivity index (χ1v) is 15.3. The second-order valence-corrected chi connectivity index (χ2v) is 12.4. The van der Waals surface area contributed by atoms with Crippen LogP contribution in [0.5, 0.6) is 0 Å². The topological polar surface area (TPSA) is 100 Å². The maximum Gasteiger partial charge on any atom is 0.272 e. The van der Waals surface area contributed by atoms with Crippen molar-refractivity contribution in [3.8, 4) is 0 Å². The fourth-order valence-electron chi connectivity index (χ4n) is 3.86. The molecule has 0 radical (unpaired) electrons. The van der Waals surface area contributed by atoms with Crippen LogP contribution in [0.3, 0.4) is 0 Å². The Kier molecular flexibility index (Phi) is 8.93. The summed E-state index contributed by atoms with van der Waals surface area (Å²) in [6.07, 6.45) is 1.64. The minimum atomic E-state index is -0.459. The van der Waals surface area contributed by atoms with Crippen molar-refractivity contribution in [3.63, 3.8) is 0 Å². The largest absolute Gasteiger partial charge is 0.321 e. The highest BCUT2D eigenvalue weighted by Crippen LogP contribution is 2.30. The first kappa shape index (κ1) is 28.3. The summed E-state index contributed by atoms with van der Waals surface area (Å²) in [6.45, 7) is 3.85. The lowest BCUT2D eigenvalue weighted by Gasteiger charge is -2.13. The lowest BCUT2D eigenvalue weighted by atomic mass is 10.2. The lowest BCUT2D eigenvalue weighted by molar-refractivity contribution is -0.115. The lowest BCUT2D eigenvalue weighted by Crippen LogP contribution is -2.30. The van der Waals surface area contributed by atoms with Crippen LogP contribution in [0.2, 0.25) is 0 Å². The highest BCUT2D eigenvalue weighted by atomic mass is 32.2. The molecule has 0 saturated heterocycles. The van der Waals surface area contributed by atoms with Gasteiger partial charge in [0.15, 0.2) is 5.13 Å². The molecule has 1 atom stereocenters. The van der Waals surface area contributed by atoms with Crippen LogP contribution in [0.15, 0.2) is 100 Å². The summed E-state index contributed by atoms with van der Waals surface area (Å²) >= 11 is 4.31. The van der Waals surface area contributed by atoms with Gasteiger partial charge in [-0.25, -0.2) is 4.98 Å². The zero-order chi connectivity index (χ0) is 28.8. The Morgan fingerprint density at radius 3 is 2.56 bits per heavy atom. The van der Waals surface area contributed by atoms with Crippen LogP contribution in [0.4, 0.5) is 10.8 Å². The van der Waals surface area contributed by atoms with Gasteiger partial charge in [0, 0.05) is 16.1 Å². The molecule has 10 heteroatoms. The maximum absolute atomic E-state index is 13.3. The van der Waals surface area contributed by atoms with Crippen LogP contribution in [-0.4, -0.2) is 28.0 Å². The molecule has 3 amide bonds. The van der Waals surface area contributed by atoms with Gasteiger partial charge < -0.3 is 16.0 Å². The molecule has 7 nitrogen and oxygen atoms in total. The second-order valence-electron chi connectivity index (χ2n) is 9.16. The molecule has 1 unspecified atom stereocenters. The second kappa shape index (κ2) is 12.9. The van der Waals surface area contributed by atoms with Crippen molar-refractivity contribution >= 4 is 79.3 Å². The van der Waals surface area contributed by atoms with E-state index < -0.39 is 11.2 Å². The summed E-state index contributed by atoms with van der Waals surface area (Å²) < 4.78 is 1.02. The smallest absolute Gasteiger partial charge is 0.272 e. The number of benzene rings is 3. The fourth-order valence-corrected chi connectivity index (χ4v) is 6.37. The normalized spacial score (nSPS) is 12.1. The number of hydrogen-bond acceptors (Lipinski definition) is 7. The van der Waals surface area contributed by atoms with E-state index in [0.717, 1.165) is 26.2 Å². The quantitative estimate of drug-likeness (QED) is 0.123. The predicted octanol–water partition coefficient (Wildman–Crippen LogP) is 7.20. The Bertz CT molecular complexity index is 1730. The monoisotopic (exact) mass is 598 g/mol. The van der Waals surface area contributed by atoms with Gasteiger partial charge in [-0.2, -0.15) is 11.3 Å². The number of hydrogen-bond donors (Lipinski definition) is 3. The molecule has 0 fully saturated rings. The Hall–Kier alpha value is -4.25. The van der Waals surface area contributed by atoms with Crippen molar-refractivity contribution in [3.05, 3.63) is 112 Å². The summed E-state index contributed by atoms with van der Waals surface area (Å²) in [5.41, 5.74) is 3.91. The highest BCUT2D eigenvalue weighted by molar-refractivity contribution is 8.00. The summed E-state index contributed by atoms with van der Waals surface area (Å²) in [5.74, 6) is -1.00. The van der Waals surface area contributed by atoms with E-state index in [1.54, 1.807) is 42.5 Å². The van der Waals surface area contributed by atoms with E-state index in [1.165, 1.54) is 34.4 Å². The minimum Gasteiger partial charge on any atom is -0.321 e. The summed E-state index contributed by atoms with van der Waals surface area (Å²) in [6, 6.07) is 23.8. The third-order valence-corrected chi connectivity index (χ3v) is 8.66. The first-order chi connectivity index (χ1) is 19.8. The van der Waals surface area contributed by atoms with Crippen molar-refractivity contribution < 1.29 is 14.4 Å². The van der Waals surface area contributed by atoms with Gasteiger partial charge in [-0.05, 0) is 90.3 Å². The van der Waals surface area contributed by atoms with Gasteiger partial charge in [0.05, 0.1) is 15.5 Å². The Morgan fingerprint density at radius 1 is 0.951 bits per heavy atom. The molecule has 0 bridgehead atoms. The number of carbonyl (C=O) groups is 3. The molecule has 2 heterocycles. The molecule has 5 aromatic rings. The van der Waals surface area contributed by atoms with Gasteiger partial charge in [-0.15, -0.1) is 11.8 Å². The fraction of sp³-hybridized carbons (Fsp3) is 0.0968. The van der Waals surface area contributed by atoms with Crippen LogP contribution in [0.25, 0.3) is 16.3 Å². The zero-order valence-corrected chi connectivity index (χ0v) is 24.7. The van der Waals surface area contributed by atoms with Crippen LogP contribution < -0.4 is 16.0 Å². The number of thiazole rings is 1. The number of aryl methyl sites for hydroxylation is 1. The van der Waals surface area contributed by atoms with Gasteiger partial charge in [0.25, 0.3) is 11.8 Å². The average Bonchev–Trinajstić information content (AvgIpc) is 3.62. The number of thiophene rings is 1. The van der Waals surface area contributed by atoms with Crippen LogP contribution in [0, 0.1) is 6.92 Å². The third-order valence-electron chi connectivity index (χ3n) is 5.93. The average molecular weight is 599 g/mol. The van der Waals surface area contributed by atoms with E-state index >= 15 is 0 Å². The number of thioether (sulfide) groups is 1. The Labute approximate surface area is 249 Å². The number of aromatic nitrogens is 1. The predicted molar refractivity (Wildman–Crippen MR) is 170 cm³/mol. The van der Waals surface area contributed by atoms with Gasteiger partial charge in [-0.1, -0.05) is 41.7 Å². The molecular formula is C31H26N4O3S3. The van der Waals surface area contributed by atoms with Crippen molar-refractivity contribution in [2.75, 3.05) is 10.6 Å². The van der Waals surface area contributed by atoms with Crippen molar-refractivity contribution in [2.24, 2.45) is 0 Å². The standard InChI is InChI=1S/C31H26N4O3S3/c1-19-11-12-25-27(15-19)41-31(34-25)35-28(36)20(2)40-24-10-6-9-23(17-24)32-30(38)26(16-21-13-14-39-18-21)33-29(37)22-7-4-3-5-8-22/h3-18,20H,1-2H3,(H,32,38)(H,33,37)(H,34,35,36)/b26-16-. The van der Waals surface area contributed by atoms with Gasteiger partial charge in [0.1, 0.15) is 5.70 Å².